The van der Waals surface area contributed by atoms with Crippen LogP contribution in [-0.2, 0) is 17.6 Å². The zero-order valence-electron chi connectivity index (χ0n) is 16.0. The van der Waals surface area contributed by atoms with Crippen molar-refractivity contribution in [3.8, 4) is 0 Å². The first-order chi connectivity index (χ1) is 13.7. The highest BCUT2D eigenvalue weighted by Gasteiger charge is 2.08. The number of halogens is 1. The number of amides is 1. The number of aliphatic hydroxyl groups is 1. The second kappa shape index (κ2) is 11.9. The van der Waals surface area contributed by atoms with Gasteiger partial charge in [0.05, 0.1) is 12.5 Å². The Bertz CT molecular complexity index is 878. The lowest BCUT2D eigenvalue weighted by molar-refractivity contribution is -0.115. The molecule has 0 saturated heterocycles. The number of nitrogens with zero attached hydrogens (tertiary/aromatic N) is 2. The number of pyridine rings is 2. The van der Waals surface area contributed by atoms with Crippen LogP contribution in [-0.4, -0.2) is 34.1 Å². The van der Waals surface area contributed by atoms with E-state index in [0.29, 0.717) is 6.54 Å². The number of benzene rings is 1. The molecule has 2 heterocycles. The summed E-state index contributed by atoms with van der Waals surface area (Å²) in [6.07, 6.45) is 5.52. The van der Waals surface area contributed by atoms with Gasteiger partial charge in [-0.15, -0.1) is 12.4 Å². The summed E-state index contributed by atoms with van der Waals surface area (Å²) in [7, 11) is 0. The van der Waals surface area contributed by atoms with Crippen LogP contribution in [0.3, 0.4) is 0 Å². The lowest BCUT2D eigenvalue weighted by Gasteiger charge is -2.12. The SMILES string of the molecule is Cl.O=C(Cc1cc(CCNCC(O)c2cccnc2)ccn1)Nc1ccccc1. The lowest BCUT2D eigenvalue weighted by Crippen LogP contribution is -2.24. The van der Waals surface area contributed by atoms with E-state index in [0.717, 1.165) is 35.5 Å². The van der Waals surface area contributed by atoms with Crippen molar-refractivity contribution in [3.05, 3.63) is 90.0 Å². The molecule has 0 spiro atoms. The Balaban J connectivity index is 0.00000300. The maximum atomic E-state index is 12.2. The van der Waals surface area contributed by atoms with Gasteiger partial charge in [0.25, 0.3) is 0 Å². The minimum atomic E-state index is -0.580. The van der Waals surface area contributed by atoms with Gasteiger partial charge in [0.15, 0.2) is 0 Å². The first-order valence-corrected chi connectivity index (χ1v) is 9.28. The molecule has 152 valence electrons. The molecule has 0 radical (unpaired) electrons. The van der Waals surface area contributed by atoms with Crippen LogP contribution in [0.2, 0.25) is 0 Å². The third-order valence-corrected chi connectivity index (χ3v) is 4.28. The molecule has 0 fully saturated rings. The smallest absolute Gasteiger partial charge is 0.230 e. The quantitative estimate of drug-likeness (QED) is 0.470. The van der Waals surface area contributed by atoms with Crippen molar-refractivity contribution in [2.75, 3.05) is 18.4 Å². The molecule has 1 atom stereocenters. The van der Waals surface area contributed by atoms with Crippen molar-refractivity contribution in [1.29, 1.82) is 0 Å². The molecule has 0 aliphatic carbocycles. The molecule has 29 heavy (non-hydrogen) atoms. The van der Waals surface area contributed by atoms with Crippen LogP contribution in [0.25, 0.3) is 0 Å². The van der Waals surface area contributed by atoms with Crippen LogP contribution < -0.4 is 10.6 Å². The number of rotatable bonds is 9. The van der Waals surface area contributed by atoms with Crippen LogP contribution in [0.5, 0.6) is 0 Å². The second-order valence-corrected chi connectivity index (χ2v) is 6.50. The Morgan fingerprint density at radius 1 is 1.07 bits per heavy atom. The number of aliphatic hydroxyl groups excluding tert-OH is 1. The molecular weight excluding hydrogens is 388 g/mol. The van der Waals surface area contributed by atoms with Crippen molar-refractivity contribution in [1.82, 2.24) is 15.3 Å². The first-order valence-electron chi connectivity index (χ1n) is 9.28. The van der Waals surface area contributed by atoms with Crippen LogP contribution in [0, 0.1) is 0 Å². The normalized spacial score (nSPS) is 11.3. The summed E-state index contributed by atoms with van der Waals surface area (Å²) in [5.74, 6) is -0.0893. The molecule has 1 unspecified atom stereocenters. The Kier molecular flexibility index (Phi) is 9.24. The van der Waals surface area contributed by atoms with E-state index in [-0.39, 0.29) is 24.7 Å². The highest BCUT2D eigenvalue weighted by molar-refractivity contribution is 5.91. The van der Waals surface area contributed by atoms with Crippen LogP contribution in [0.1, 0.15) is 22.9 Å². The van der Waals surface area contributed by atoms with Crippen molar-refractivity contribution in [2.45, 2.75) is 18.9 Å². The van der Waals surface area contributed by atoms with E-state index in [4.69, 9.17) is 0 Å². The Hall–Kier alpha value is -2.80. The summed E-state index contributed by atoms with van der Waals surface area (Å²) >= 11 is 0. The average molecular weight is 413 g/mol. The maximum Gasteiger partial charge on any atom is 0.230 e. The third kappa shape index (κ3) is 7.62. The number of carbonyl (C=O) groups is 1. The fraction of sp³-hybridized carbons (Fsp3) is 0.227. The van der Waals surface area contributed by atoms with Gasteiger partial charge in [0, 0.05) is 42.1 Å². The molecule has 3 aromatic rings. The molecule has 0 aliphatic heterocycles. The summed E-state index contributed by atoms with van der Waals surface area (Å²) < 4.78 is 0. The van der Waals surface area contributed by atoms with Crippen molar-refractivity contribution < 1.29 is 9.90 Å². The molecular formula is C22H25ClN4O2. The molecule has 2 aromatic heterocycles. The van der Waals surface area contributed by atoms with Gasteiger partial charge in [-0.2, -0.15) is 0 Å². The first kappa shape index (κ1) is 22.5. The molecule has 0 saturated carbocycles. The molecule has 1 aromatic carbocycles. The Morgan fingerprint density at radius 2 is 1.90 bits per heavy atom. The van der Waals surface area contributed by atoms with Crippen molar-refractivity contribution in [3.63, 3.8) is 0 Å². The average Bonchev–Trinajstić information content (AvgIpc) is 2.72. The second-order valence-electron chi connectivity index (χ2n) is 6.50. The van der Waals surface area contributed by atoms with Crippen LogP contribution >= 0.6 is 12.4 Å². The molecule has 7 heteroatoms. The topological polar surface area (TPSA) is 87.1 Å². The number of aromatic nitrogens is 2. The summed E-state index contributed by atoms with van der Waals surface area (Å²) in [5, 5.41) is 16.2. The molecule has 0 aliphatic rings. The van der Waals surface area contributed by atoms with Crippen LogP contribution in [0.4, 0.5) is 5.69 Å². The third-order valence-electron chi connectivity index (χ3n) is 4.28. The molecule has 3 rings (SSSR count). The van der Waals surface area contributed by atoms with E-state index < -0.39 is 6.10 Å². The number of para-hydroxylation sites is 1. The minimum absolute atomic E-state index is 0. The van der Waals surface area contributed by atoms with Gasteiger partial charge in [-0.1, -0.05) is 24.3 Å². The summed E-state index contributed by atoms with van der Waals surface area (Å²) in [6.45, 7) is 1.18. The van der Waals surface area contributed by atoms with E-state index in [9.17, 15) is 9.90 Å². The highest BCUT2D eigenvalue weighted by Crippen LogP contribution is 2.10. The zero-order valence-corrected chi connectivity index (χ0v) is 16.8. The Labute approximate surface area is 176 Å². The fourth-order valence-electron chi connectivity index (χ4n) is 2.83. The molecule has 6 nitrogen and oxygen atoms in total. The maximum absolute atomic E-state index is 12.2. The zero-order chi connectivity index (χ0) is 19.6. The predicted molar refractivity (Wildman–Crippen MR) is 116 cm³/mol. The number of hydrogen-bond acceptors (Lipinski definition) is 5. The van der Waals surface area contributed by atoms with Gasteiger partial charge in [-0.05, 0) is 48.9 Å². The summed E-state index contributed by atoms with van der Waals surface area (Å²) in [5.41, 5.74) is 3.41. The number of anilines is 1. The predicted octanol–water partition coefficient (Wildman–Crippen LogP) is 2.95. The van der Waals surface area contributed by atoms with E-state index in [2.05, 4.69) is 20.6 Å². The van der Waals surface area contributed by atoms with Crippen molar-refractivity contribution >= 4 is 24.0 Å². The van der Waals surface area contributed by atoms with Crippen molar-refractivity contribution in [2.24, 2.45) is 0 Å². The number of hydrogen-bond donors (Lipinski definition) is 3. The largest absolute Gasteiger partial charge is 0.387 e. The standard InChI is InChI=1S/C22H24N4O2.ClH/c27-21(18-5-4-10-23-15-18)16-24-11-8-17-9-12-25-20(13-17)14-22(28)26-19-6-2-1-3-7-19;/h1-7,9-10,12-13,15,21,24,27H,8,11,14,16H2,(H,26,28);1H. The van der Waals surface area contributed by atoms with E-state index in [1.165, 1.54) is 0 Å². The molecule has 0 bridgehead atoms. The summed E-state index contributed by atoms with van der Waals surface area (Å²) in [6, 6.07) is 16.9. The molecule has 1 amide bonds. The van der Waals surface area contributed by atoms with Gasteiger partial charge in [-0.3, -0.25) is 14.8 Å². The number of nitrogens with one attached hydrogen (secondary N) is 2. The fourth-order valence-corrected chi connectivity index (χ4v) is 2.83. The summed E-state index contributed by atoms with van der Waals surface area (Å²) in [4.78, 5) is 20.5. The van der Waals surface area contributed by atoms with Crippen LogP contribution in [0.15, 0.2) is 73.2 Å². The lowest BCUT2D eigenvalue weighted by atomic mass is 10.1. The molecule has 3 N–H and O–H groups in total. The van der Waals surface area contributed by atoms with Gasteiger partial charge >= 0.3 is 0 Å². The van der Waals surface area contributed by atoms with Gasteiger partial charge in [0.1, 0.15) is 0 Å². The Morgan fingerprint density at radius 3 is 2.66 bits per heavy atom. The van der Waals surface area contributed by atoms with Gasteiger partial charge in [-0.25, -0.2) is 0 Å². The van der Waals surface area contributed by atoms with Gasteiger partial charge in [0.2, 0.25) is 5.91 Å². The minimum Gasteiger partial charge on any atom is -0.387 e. The van der Waals surface area contributed by atoms with Gasteiger partial charge < -0.3 is 15.7 Å². The van der Waals surface area contributed by atoms with E-state index >= 15 is 0 Å². The number of carbonyl (C=O) groups excluding carboxylic acids is 1. The highest BCUT2D eigenvalue weighted by atomic mass is 35.5. The van der Waals surface area contributed by atoms with E-state index in [1.54, 1.807) is 18.6 Å². The monoisotopic (exact) mass is 412 g/mol. The van der Waals surface area contributed by atoms with E-state index in [1.807, 2.05) is 54.6 Å².